The van der Waals surface area contributed by atoms with Crippen LogP contribution in [0.15, 0.2) is 23.1 Å². The predicted molar refractivity (Wildman–Crippen MR) is 82.9 cm³/mol. The summed E-state index contributed by atoms with van der Waals surface area (Å²) in [5, 5.41) is 0. The van der Waals surface area contributed by atoms with E-state index >= 15 is 0 Å². The van der Waals surface area contributed by atoms with Crippen molar-refractivity contribution in [1.29, 1.82) is 0 Å². The number of nitrogen functional groups attached to an aromatic ring is 1. The van der Waals surface area contributed by atoms with Gasteiger partial charge in [-0.3, -0.25) is 4.90 Å². The number of hydrogen-bond donors (Lipinski definition) is 1. The van der Waals surface area contributed by atoms with Crippen LogP contribution < -0.4 is 10.5 Å². The lowest BCUT2D eigenvalue weighted by Crippen LogP contribution is -2.56. The Balaban J connectivity index is 2.41. The highest BCUT2D eigenvalue weighted by atomic mass is 32.2. The van der Waals surface area contributed by atoms with Crippen molar-refractivity contribution in [2.24, 2.45) is 0 Å². The highest BCUT2D eigenvalue weighted by molar-refractivity contribution is 7.89. The van der Waals surface area contributed by atoms with E-state index in [9.17, 15) is 8.42 Å². The van der Waals surface area contributed by atoms with E-state index in [-0.39, 0.29) is 17.0 Å². The number of anilines is 1. The van der Waals surface area contributed by atoms with Crippen LogP contribution in [0.2, 0.25) is 0 Å². The largest absolute Gasteiger partial charge is 0.495 e. The lowest BCUT2D eigenvalue weighted by Gasteiger charge is -2.41. The third-order valence-corrected chi connectivity index (χ3v) is 5.98. The summed E-state index contributed by atoms with van der Waals surface area (Å²) in [5.74, 6) is 0.323. The molecular weight excluding hydrogens is 290 g/mol. The van der Waals surface area contributed by atoms with Crippen molar-refractivity contribution in [2.45, 2.75) is 30.8 Å². The van der Waals surface area contributed by atoms with Crippen LogP contribution >= 0.6 is 0 Å². The van der Waals surface area contributed by atoms with Crippen LogP contribution in [0.5, 0.6) is 5.75 Å². The Labute approximate surface area is 126 Å². The molecule has 0 amide bonds. The van der Waals surface area contributed by atoms with Gasteiger partial charge in [0.15, 0.2) is 0 Å². The van der Waals surface area contributed by atoms with Gasteiger partial charge in [-0.1, -0.05) is 0 Å². The average Bonchev–Trinajstić information content (AvgIpc) is 2.44. The van der Waals surface area contributed by atoms with Gasteiger partial charge in [0.25, 0.3) is 0 Å². The van der Waals surface area contributed by atoms with Crippen LogP contribution in [-0.4, -0.2) is 57.0 Å². The van der Waals surface area contributed by atoms with E-state index in [1.165, 1.54) is 17.5 Å². The molecule has 7 heteroatoms. The molecule has 118 valence electrons. The van der Waals surface area contributed by atoms with Crippen LogP contribution in [0.3, 0.4) is 0 Å². The quantitative estimate of drug-likeness (QED) is 0.842. The molecule has 0 aliphatic carbocycles. The summed E-state index contributed by atoms with van der Waals surface area (Å²) < 4.78 is 32.5. The van der Waals surface area contributed by atoms with Crippen molar-refractivity contribution in [3.8, 4) is 5.75 Å². The molecule has 2 N–H and O–H groups in total. The topological polar surface area (TPSA) is 75.9 Å². The van der Waals surface area contributed by atoms with Crippen molar-refractivity contribution in [3.05, 3.63) is 18.2 Å². The number of hydrogen-bond acceptors (Lipinski definition) is 5. The molecule has 0 bridgehead atoms. The lowest BCUT2D eigenvalue weighted by atomic mass is 10.1. The zero-order valence-corrected chi connectivity index (χ0v) is 13.7. The SMILES string of the molecule is COc1ccc(N)cc1S(=O)(=O)N1CC(C)N(C)C(C)C1. The van der Waals surface area contributed by atoms with Gasteiger partial charge in [-0.05, 0) is 39.1 Å². The molecule has 2 unspecified atom stereocenters. The second-order valence-corrected chi connectivity index (χ2v) is 7.50. The number of piperazine rings is 1. The van der Waals surface area contributed by atoms with Crippen molar-refractivity contribution in [2.75, 3.05) is 33.0 Å². The van der Waals surface area contributed by atoms with E-state index in [0.717, 1.165) is 0 Å². The van der Waals surface area contributed by atoms with Gasteiger partial charge in [0.05, 0.1) is 7.11 Å². The molecular formula is C14H23N3O3S. The molecule has 1 fully saturated rings. The Morgan fingerprint density at radius 3 is 2.33 bits per heavy atom. The van der Waals surface area contributed by atoms with Crippen LogP contribution in [0.25, 0.3) is 0 Å². The molecule has 2 atom stereocenters. The van der Waals surface area contributed by atoms with Gasteiger partial charge in [0.1, 0.15) is 10.6 Å². The molecule has 1 aromatic rings. The summed E-state index contributed by atoms with van der Waals surface area (Å²) in [6, 6.07) is 5.01. The average molecular weight is 313 g/mol. The minimum absolute atomic E-state index is 0.133. The molecule has 21 heavy (non-hydrogen) atoms. The summed E-state index contributed by atoms with van der Waals surface area (Å²) in [6.45, 7) is 4.96. The maximum atomic E-state index is 12.9. The first-order chi connectivity index (χ1) is 9.77. The van der Waals surface area contributed by atoms with Gasteiger partial charge in [-0.15, -0.1) is 0 Å². The summed E-state index contributed by atoms with van der Waals surface area (Å²) in [4.78, 5) is 2.32. The highest BCUT2D eigenvalue weighted by Crippen LogP contribution is 2.30. The maximum Gasteiger partial charge on any atom is 0.246 e. The minimum atomic E-state index is -3.61. The molecule has 1 aliphatic heterocycles. The normalized spacial score (nSPS) is 25.0. The Morgan fingerprint density at radius 2 is 1.81 bits per heavy atom. The monoisotopic (exact) mass is 313 g/mol. The van der Waals surface area contributed by atoms with Crippen LogP contribution in [0.1, 0.15) is 13.8 Å². The summed E-state index contributed by atoms with van der Waals surface area (Å²) in [6.07, 6.45) is 0. The fraction of sp³-hybridized carbons (Fsp3) is 0.571. The summed E-state index contributed by atoms with van der Waals surface area (Å²) >= 11 is 0. The number of ether oxygens (including phenoxy) is 1. The zero-order chi connectivity index (χ0) is 15.8. The third kappa shape index (κ3) is 3.00. The molecule has 0 aromatic heterocycles. The molecule has 1 heterocycles. The van der Waals surface area contributed by atoms with E-state index < -0.39 is 10.0 Å². The molecule has 1 aromatic carbocycles. The van der Waals surface area contributed by atoms with Crippen LogP contribution in [0, 0.1) is 0 Å². The molecule has 0 saturated carbocycles. The first-order valence-electron chi connectivity index (χ1n) is 6.93. The van der Waals surface area contributed by atoms with Gasteiger partial charge < -0.3 is 10.5 Å². The van der Waals surface area contributed by atoms with E-state index in [4.69, 9.17) is 10.5 Å². The predicted octanol–water partition coefficient (Wildman–Crippen LogP) is 0.990. The number of nitrogens with two attached hydrogens (primary N) is 1. The molecule has 1 saturated heterocycles. The van der Waals surface area contributed by atoms with Gasteiger partial charge in [0, 0.05) is 30.9 Å². The number of sulfonamides is 1. The van der Waals surface area contributed by atoms with Gasteiger partial charge >= 0.3 is 0 Å². The Bertz CT molecular complexity index is 606. The second-order valence-electron chi connectivity index (χ2n) is 5.60. The van der Waals surface area contributed by atoms with Gasteiger partial charge in [0.2, 0.25) is 10.0 Å². The summed E-state index contributed by atoms with van der Waals surface area (Å²) in [5.41, 5.74) is 6.15. The number of likely N-dealkylation sites (N-methyl/N-ethyl adjacent to an activating group) is 1. The number of rotatable bonds is 3. The Kier molecular flexibility index (Phi) is 4.46. The molecule has 1 aliphatic rings. The smallest absolute Gasteiger partial charge is 0.246 e. The molecule has 0 radical (unpaired) electrons. The fourth-order valence-electron chi connectivity index (χ4n) is 2.59. The third-order valence-electron chi connectivity index (χ3n) is 4.13. The summed E-state index contributed by atoms with van der Waals surface area (Å²) in [7, 11) is -0.143. The van der Waals surface area contributed by atoms with Crippen molar-refractivity contribution in [3.63, 3.8) is 0 Å². The van der Waals surface area contributed by atoms with E-state index in [1.54, 1.807) is 12.1 Å². The fourth-order valence-corrected chi connectivity index (χ4v) is 4.38. The van der Waals surface area contributed by atoms with Crippen LogP contribution in [0.4, 0.5) is 5.69 Å². The Hall–Kier alpha value is -1.31. The van der Waals surface area contributed by atoms with Crippen molar-refractivity contribution in [1.82, 2.24) is 9.21 Å². The van der Waals surface area contributed by atoms with Gasteiger partial charge in [-0.2, -0.15) is 4.31 Å². The highest BCUT2D eigenvalue weighted by Gasteiger charge is 2.35. The van der Waals surface area contributed by atoms with Crippen LogP contribution in [-0.2, 0) is 10.0 Å². The van der Waals surface area contributed by atoms with E-state index in [0.29, 0.717) is 24.5 Å². The number of nitrogens with zero attached hydrogens (tertiary/aromatic N) is 2. The van der Waals surface area contributed by atoms with E-state index in [1.807, 2.05) is 20.9 Å². The first kappa shape index (κ1) is 16.1. The van der Waals surface area contributed by atoms with Crippen molar-refractivity contribution < 1.29 is 13.2 Å². The zero-order valence-electron chi connectivity index (χ0n) is 12.9. The lowest BCUT2D eigenvalue weighted by molar-refractivity contribution is 0.105. The Morgan fingerprint density at radius 1 is 1.24 bits per heavy atom. The standard InChI is InChI=1S/C14H23N3O3S/c1-10-8-17(9-11(2)16(10)3)21(18,19)14-7-12(15)5-6-13(14)20-4/h5-7,10-11H,8-9,15H2,1-4H3. The minimum Gasteiger partial charge on any atom is -0.495 e. The molecule has 6 nitrogen and oxygen atoms in total. The second kappa shape index (κ2) is 5.82. The van der Waals surface area contributed by atoms with E-state index in [2.05, 4.69) is 4.90 Å². The number of methoxy groups -OCH3 is 1. The number of benzene rings is 1. The molecule has 2 rings (SSSR count). The van der Waals surface area contributed by atoms with Gasteiger partial charge in [-0.25, -0.2) is 8.42 Å². The first-order valence-corrected chi connectivity index (χ1v) is 8.37. The maximum absolute atomic E-state index is 12.9. The van der Waals surface area contributed by atoms with Crippen molar-refractivity contribution >= 4 is 15.7 Å². The molecule has 0 spiro atoms.